The standard InChI is InChI=1S/C16H28/c1-3-7-13-11-12-14-8-4-2-6-10-16(14)15(13)9-5-1/h13-16H,1-12H2. The van der Waals surface area contributed by atoms with E-state index in [0.29, 0.717) is 0 Å². The fourth-order valence-corrected chi connectivity index (χ4v) is 5.10. The highest BCUT2D eigenvalue weighted by molar-refractivity contribution is 4.89. The van der Waals surface area contributed by atoms with Crippen LogP contribution in [-0.4, -0.2) is 0 Å². The van der Waals surface area contributed by atoms with Crippen molar-refractivity contribution in [3.63, 3.8) is 0 Å². The first-order valence-corrected chi connectivity index (χ1v) is 7.95. The van der Waals surface area contributed by atoms with Gasteiger partial charge in [0.05, 0.1) is 0 Å². The molecule has 0 heterocycles. The van der Waals surface area contributed by atoms with Crippen molar-refractivity contribution >= 4 is 0 Å². The van der Waals surface area contributed by atoms with Crippen molar-refractivity contribution in [2.75, 3.05) is 0 Å². The number of rotatable bonds is 0. The fraction of sp³-hybridized carbons (Fsp3) is 1.00. The predicted octanol–water partition coefficient (Wildman–Crippen LogP) is 5.17. The van der Waals surface area contributed by atoms with Crippen molar-refractivity contribution < 1.29 is 0 Å². The normalized spacial score (nSPS) is 45.0. The van der Waals surface area contributed by atoms with E-state index in [-0.39, 0.29) is 0 Å². The number of hydrogen-bond acceptors (Lipinski definition) is 0. The highest BCUT2D eigenvalue weighted by atomic mass is 14.4. The average Bonchev–Trinajstić information content (AvgIpc) is 2.68. The lowest BCUT2D eigenvalue weighted by Crippen LogP contribution is -2.33. The second kappa shape index (κ2) is 5.10. The smallest absolute Gasteiger partial charge is 0.0355 e. The topological polar surface area (TPSA) is 0 Å². The van der Waals surface area contributed by atoms with Gasteiger partial charge in [0.2, 0.25) is 0 Å². The molecule has 3 aliphatic rings. The second-order valence-electron chi connectivity index (χ2n) is 6.70. The predicted molar refractivity (Wildman–Crippen MR) is 69.4 cm³/mol. The minimum absolute atomic E-state index is 1.14. The van der Waals surface area contributed by atoms with Crippen LogP contribution in [0.2, 0.25) is 0 Å². The molecule has 4 unspecified atom stereocenters. The quantitative estimate of drug-likeness (QED) is 0.528. The molecule has 0 nitrogen and oxygen atoms in total. The molecule has 0 amide bonds. The molecule has 0 aromatic rings. The van der Waals surface area contributed by atoms with Crippen molar-refractivity contribution in [1.29, 1.82) is 0 Å². The molecule has 0 saturated heterocycles. The molecule has 0 spiro atoms. The van der Waals surface area contributed by atoms with E-state index in [1.165, 1.54) is 12.8 Å². The summed E-state index contributed by atoms with van der Waals surface area (Å²) in [5, 5.41) is 0. The lowest BCUT2D eigenvalue weighted by atomic mass is 9.63. The van der Waals surface area contributed by atoms with Crippen molar-refractivity contribution in [2.24, 2.45) is 23.7 Å². The van der Waals surface area contributed by atoms with Gasteiger partial charge in [-0.1, -0.05) is 51.4 Å². The third-order valence-electron chi connectivity index (χ3n) is 5.89. The molecule has 16 heavy (non-hydrogen) atoms. The minimum Gasteiger partial charge on any atom is -0.0533 e. The zero-order valence-electron chi connectivity index (χ0n) is 10.8. The van der Waals surface area contributed by atoms with Gasteiger partial charge in [0, 0.05) is 0 Å². The van der Waals surface area contributed by atoms with Crippen LogP contribution < -0.4 is 0 Å². The molecule has 0 aromatic carbocycles. The highest BCUT2D eigenvalue weighted by Crippen LogP contribution is 2.49. The third kappa shape index (κ3) is 2.17. The van der Waals surface area contributed by atoms with Crippen molar-refractivity contribution in [1.82, 2.24) is 0 Å². The molecule has 0 bridgehead atoms. The Bertz CT molecular complexity index is 196. The Labute approximate surface area is 101 Å². The van der Waals surface area contributed by atoms with E-state index in [1.54, 1.807) is 64.2 Å². The maximum atomic E-state index is 1.59. The molecule has 0 radical (unpaired) electrons. The van der Waals surface area contributed by atoms with E-state index in [0.717, 1.165) is 23.7 Å². The Morgan fingerprint density at radius 3 is 1.31 bits per heavy atom. The molecular formula is C16H28. The molecule has 92 valence electrons. The summed E-state index contributed by atoms with van der Waals surface area (Å²) in [4.78, 5) is 0. The van der Waals surface area contributed by atoms with Gasteiger partial charge < -0.3 is 0 Å². The van der Waals surface area contributed by atoms with Gasteiger partial charge in [0.15, 0.2) is 0 Å². The van der Waals surface area contributed by atoms with Gasteiger partial charge in [0.25, 0.3) is 0 Å². The Morgan fingerprint density at radius 2 is 0.812 bits per heavy atom. The lowest BCUT2D eigenvalue weighted by Gasteiger charge is -2.42. The summed E-state index contributed by atoms with van der Waals surface area (Å²) in [6.07, 6.45) is 18.7. The molecule has 4 atom stereocenters. The highest BCUT2D eigenvalue weighted by Gasteiger charge is 2.39. The maximum Gasteiger partial charge on any atom is -0.0355 e. The first kappa shape index (κ1) is 11.1. The summed E-state index contributed by atoms with van der Waals surface area (Å²) in [7, 11) is 0. The summed E-state index contributed by atoms with van der Waals surface area (Å²) in [6, 6.07) is 0. The summed E-state index contributed by atoms with van der Waals surface area (Å²) >= 11 is 0. The van der Waals surface area contributed by atoms with Gasteiger partial charge in [-0.05, 0) is 49.4 Å². The molecule has 3 fully saturated rings. The zero-order valence-corrected chi connectivity index (χ0v) is 10.8. The minimum atomic E-state index is 1.14. The largest absolute Gasteiger partial charge is 0.0533 e. The van der Waals surface area contributed by atoms with Crippen LogP contribution in [0.3, 0.4) is 0 Å². The van der Waals surface area contributed by atoms with Crippen LogP contribution in [0.1, 0.15) is 77.0 Å². The monoisotopic (exact) mass is 220 g/mol. The van der Waals surface area contributed by atoms with Gasteiger partial charge in [-0.3, -0.25) is 0 Å². The van der Waals surface area contributed by atoms with Crippen molar-refractivity contribution in [2.45, 2.75) is 77.0 Å². The van der Waals surface area contributed by atoms with Crippen LogP contribution in [-0.2, 0) is 0 Å². The Kier molecular flexibility index (Phi) is 3.54. The SMILES string of the molecule is C1CCC2CCC3CCCCCC3C2CC1. The number of fused-ring (bicyclic) bond motifs is 3. The molecule has 0 N–H and O–H groups in total. The van der Waals surface area contributed by atoms with E-state index in [9.17, 15) is 0 Å². The first-order chi connectivity index (χ1) is 7.95. The third-order valence-corrected chi connectivity index (χ3v) is 5.89. The maximum absolute atomic E-state index is 1.59. The molecule has 0 aliphatic heterocycles. The molecule has 3 saturated carbocycles. The Balaban J connectivity index is 1.74. The summed E-state index contributed by atoms with van der Waals surface area (Å²) in [5.74, 6) is 4.59. The van der Waals surface area contributed by atoms with E-state index in [4.69, 9.17) is 0 Å². The van der Waals surface area contributed by atoms with Crippen LogP contribution in [0.4, 0.5) is 0 Å². The molecule has 3 rings (SSSR count). The van der Waals surface area contributed by atoms with Crippen LogP contribution in [0, 0.1) is 23.7 Å². The fourth-order valence-electron chi connectivity index (χ4n) is 5.10. The molecule has 0 aromatic heterocycles. The lowest BCUT2D eigenvalue weighted by molar-refractivity contribution is 0.0766. The summed E-state index contributed by atoms with van der Waals surface area (Å²) in [6.45, 7) is 0. The van der Waals surface area contributed by atoms with Crippen LogP contribution in [0.5, 0.6) is 0 Å². The van der Waals surface area contributed by atoms with E-state index in [1.807, 2.05) is 0 Å². The van der Waals surface area contributed by atoms with Crippen LogP contribution in [0.15, 0.2) is 0 Å². The van der Waals surface area contributed by atoms with E-state index in [2.05, 4.69) is 0 Å². The van der Waals surface area contributed by atoms with E-state index >= 15 is 0 Å². The van der Waals surface area contributed by atoms with Gasteiger partial charge in [-0.15, -0.1) is 0 Å². The van der Waals surface area contributed by atoms with Crippen molar-refractivity contribution in [3.05, 3.63) is 0 Å². The summed E-state index contributed by atoms with van der Waals surface area (Å²) in [5.41, 5.74) is 0. The Hall–Kier alpha value is 0. The van der Waals surface area contributed by atoms with Crippen LogP contribution >= 0.6 is 0 Å². The second-order valence-corrected chi connectivity index (χ2v) is 6.70. The Morgan fingerprint density at radius 1 is 0.375 bits per heavy atom. The van der Waals surface area contributed by atoms with Crippen molar-refractivity contribution in [3.8, 4) is 0 Å². The van der Waals surface area contributed by atoms with Gasteiger partial charge in [-0.2, -0.15) is 0 Å². The van der Waals surface area contributed by atoms with Gasteiger partial charge in [0.1, 0.15) is 0 Å². The molecular weight excluding hydrogens is 192 g/mol. The zero-order chi connectivity index (χ0) is 10.8. The van der Waals surface area contributed by atoms with Gasteiger partial charge in [-0.25, -0.2) is 0 Å². The molecule has 3 aliphatic carbocycles. The number of hydrogen-bond donors (Lipinski definition) is 0. The van der Waals surface area contributed by atoms with Gasteiger partial charge >= 0.3 is 0 Å². The summed E-state index contributed by atoms with van der Waals surface area (Å²) < 4.78 is 0. The first-order valence-electron chi connectivity index (χ1n) is 7.95. The molecule has 0 heteroatoms. The van der Waals surface area contributed by atoms with E-state index < -0.39 is 0 Å². The van der Waals surface area contributed by atoms with Crippen LogP contribution in [0.25, 0.3) is 0 Å². The average molecular weight is 220 g/mol.